The molecule has 1 aromatic rings. The molecule has 0 bridgehead atoms. The summed E-state index contributed by atoms with van der Waals surface area (Å²) in [5.41, 5.74) is 0. The van der Waals surface area contributed by atoms with Crippen LogP contribution in [0, 0.1) is 5.82 Å². The maximum Gasteiger partial charge on any atom is 0.141 e. The number of aromatic nitrogens is 1. The number of hydrogen-bond donors (Lipinski definition) is 0. The predicted octanol–water partition coefficient (Wildman–Crippen LogP) is 1.36. The highest BCUT2D eigenvalue weighted by Gasteiger charge is 2.21. The summed E-state index contributed by atoms with van der Waals surface area (Å²) in [6, 6.07) is 3.73. The van der Waals surface area contributed by atoms with Crippen LogP contribution in [0.4, 0.5) is 10.2 Å². The van der Waals surface area contributed by atoms with Crippen molar-refractivity contribution < 1.29 is 4.39 Å². The number of nitrogens with zero attached hydrogens (tertiary/aromatic N) is 3. The first-order valence-corrected chi connectivity index (χ1v) is 5.23. The molecule has 2 heterocycles. The van der Waals surface area contributed by atoms with Crippen molar-refractivity contribution in [3.8, 4) is 0 Å². The predicted molar refractivity (Wildman–Crippen MR) is 58.5 cm³/mol. The van der Waals surface area contributed by atoms with Gasteiger partial charge in [-0.05, 0) is 26.1 Å². The first-order chi connectivity index (χ1) is 7.16. The lowest BCUT2D eigenvalue weighted by Crippen LogP contribution is -2.50. The standard InChI is InChI=1S/C11H16FN3/c1-9-8-15(6-5-14(9)2)11-4-3-10(12)7-13-11/h3-4,7,9H,5-6,8H2,1-2H3/t9-/m1/s1. The van der Waals surface area contributed by atoms with Gasteiger partial charge in [-0.15, -0.1) is 0 Å². The van der Waals surface area contributed by atoms with E-state index in [1.165, 1.54) is 12.3 Å². The summed E-state index contributed by atoms with van der Waals surface area (Å²) < 4.78 is 12.7. The van der Waals surface area contributed by atoms with E-state index in [2.05, 4.69) is 28.8 Å². The van der Waals surface area contributed by atoms with Crippen molar-refractivity contribution in [3.63, 3.8) is 0 Å². The smallest absolute Gasteiger partial charge is 0.141 e. The van der Waals surface area contributed by atoms with Crippen molar-refractivity contribution in [1.29, 1.82) is 0 Å². The molecule has 0 aromatic carbocycles. The van der Waals surface area contributed by atoms with Crippen LogP contribution in [0.1, 0.15) is 6.92 Å². The summed E-state index contributed by atoms with van der Waals surface area (Å²) >= 11 is 0. The maximum atomic E-state index is 12.7. The lowest BCUT2D eigenvalue weighted by Gasteiger charge is -2.38. The summed E-state index contributed by atoms with van der Waals surface area (Å²) in [6.45, 7) is 5.13. The molecular formula is C11H16FN3. The minimum atomic E-state index is -0.277. The van der Waals surface area contributed by atoms with Gasteiger partial charge in [-0.3, -0.25) is 0 Å². The zero-order valence-electron chi connectivity index (χ0n) is 9.15. The normalized spacial score (nSPS) is 23.1. The van der Waals surface area contributed by atoms with Crippen molar-refractivity contribution in [1.82, 2.24) is 9.88 Å². The van der Waals surface area contributed by atoms with Crippen LogP contribution in [0.25, 0.3) is 0 Å². The number of pyridine rings is 1. The van der Waals surface area contributed by atoms with Crippen molar-refractivity contribution in [2.75, 3.05) is 31.6 Å². The molecule has 82 valence electrons. The Hall–Kier alpha value is -1.16. The molecule has 2 rings (SSSR count). The van der Waals surface area contributed by atoms with Gasteiger partial charge in [0.25, 0.3) is 0 Å². The van der Waals surface area contributed by atoms with Crippen molar-refractivity contribution in [3.05, 3.63) is 24.1 Å². The van der Waals surface area contributed by atoms with Crippen LogP contribution in [0.15, 0.2) is 18.3 Å². The number of halogens is 1. The number of piperazine rings is 1. The van der Waals surface area contributed by atoms with E-state index in [9.17, 15) is 4.39 Å². The van der Waals surface area contributed by atoms with E-state index < -0.39 is 0 Å². The number of likely N-dealkylation sites (N-methyl/N-ethyl adjacent to an activating group) is 1. The van der Waals surface area contributed by atoms with Crippen LogP contribution in [-0.4, -0.2) is 42.6 Å². The van der Waals surface area contributed by atoms with Crippen molar-refractivity contribution in [2.24, 2.45) is 0 Å². The van der Waals surface area contributed by atoms with Gasteiger partial charge in [0.2, 0.25) is 0 Å². The molecule has 4 heteroatoms. The van der Waals surface area contributed by atoms with E-state index in [1.54, 1.807) is 6.07 Å². The Balaban J connectivity index is 2.08. The minimum absolute atomic E-state index is 0.277. The quantitative estimate of drug-likeness (QED) is 0.696. The molecule has 1 aromatic heterocycles. The second-order valence-corrected chi connectivity index (χ2v) is 4.11. The maximum absolute atomic E-state index is 12.7. The van der Waals surface area contributed by atoms with Crippen LogP contribution in [-0.2, 0) is 0 Å². The first-order valence-electron chi connectivity index (χ1n) is 5.23. The summed E-state index contributed by atoms with van der Waals surface area (Å²) in [5.74, 6) is 0.595. The third-order valence-electron chi connectivity index (χ3n) is 3.00. The Kier molecular flexibility index (Phi) is 2.86. The van der Waals surface area contributed by atoms with Crippen LogP contribution in [0.3, 0.4) is 0 Å². The van der Waals surface area contributed by atoms with Gasteiger partial charge in [0.1, 0.15) is 11.6 Å². The highest BCUT2D eigenvalue weighted by atomic mass is 19.1. The second kappa shape index (κ2) is 4.14. The van der Waals surface area contributed by atoms with E-state index in [0.29, 0.717) is 6.04 Å². The molecule has 1 atom stereocenters. The molecule has 15 heavy (non-hydrogen) atoms. The Morgan fingerprint density at radius 3 is 2.80 bits per heavy atom. The average Bonchev–Trinajstić information content (AvgIpc) is 2.23. The Bertz CT molecular complexity index is 325. The summed E-state index contributed by atoms with van der Waals surface area (Å²) in [5, 5.41) is 0. The van der Waals surface area contributed by atoms with Crippen LogP contribution >= 0.6 is 0 Å². The van der Waals surface area contributed by atoms with Crippen LogP contribution in [0.5, 0.6) is 0 Å². The highest BCUT2D eigenvalue weighted by Crippen LogP contribution is 2.15. The van der Waals surface area contributed by atoms with Crippen molar-refractivity contribution >= 4 is 5.82 Å². The Morgan fingerprint density at radius 1 is 1.40 bits per heavy atom. The van der Waals surface area contributed by atoms with E-state index in [1.807, 2.05) is 0 Å². The van der Waals surface area contributed by atoms with Gasteiger partial charge >= 0.3 is 0 Å². The summed E-state index contributed by atoms with van der Waals surface area (Å²) in [4.78, 5) is 8.61. The lowest BCUT2D eigenvalue weighted by molar-refractivity contribution is 0.233. The largest absolute Gasteiger partial charge is 0.354 e. The van der Waals surface area contributed by atoms with Gasteiger partial charge < -0.3 is 9.80 Å². The molecule has 0 unspecified atom stereocenters. The highest BCUT2D eigenvalue weighted by molar-refractivity contribution is 5.38. The molecule has 0 N–H and O–H groups in total. The topological polar surface area (TPSA) is 19.4 Å². The molecule has 1 fully saturated rings. The third-order valence-corrected chi connectivity index (χ3v) is 3.00. The van der Waals surface area contributed by atoms with Gasteiger partial charge in [0.05, 0.1) is 6.20 Å². The first kappa shape index (κ1) is 10.4. The molecule has 0 aliphatic carbocycles. The monoisotopic (exact) mass is 209 g/mol. The van der Waals surface area contributed by atoms with E-state index in [0.717, 1.165) is 25.5 Å². The molecule has 1 saturated heterocycles. The molecule has 3 nitrogen and oxygen atoms in total. The van der Waals surface area contributed by atoms with Gasteiger partial charge in [0, 0.05) is 25.7 Å². The van der Waals surface area contributed by atoms with Crippen LogP contribution < -0.4 is 4.90 Å². The van der Waals surface area contributed by atoms with E-state index in [-0.39, 0.29) is 5.82 Å². The fourth-order valence-electron chi connectivity index (χ4n) is 1.81. The minimum Gasteiger partial charge on any atom is -0.354 e. The Labute approximate surface area is 89.5 Å². The van der Waals surface area contributed by atoms with Crippen LogP contribution in [0.2, 0.25) is 0 Å². The molecule has 1 aliphatic heterocycles. The molecule has 1 aliphatic rings. The zero-order valence-corrected chi connectivity index (χ0v) is 9.15. The van der Waals surface area contributed by atoms with Gasteiger partial charge in [-0.1, -0.05) is 0 Å². The fraction of sp³-hybridized carbons (Fsp3) is 0.545. The molecule has 0 spiro atoms. The van der Waals surface area contributed by atoms with Gasteiger partial charge in [-0.2, -0.15) is 0 Å². The second-order valence-electron chi connectivity index (χ2n) is 4.11. The molecule has 0 radical (unpaired) electrons. The number of hydrogen-bond acceptors (Lipinski definition) is 3. The lowest BCUT2D eigenvalue weighted by atomic mass is 10.2. The summed E-state index contributed by atoms with van der Waals surface area (Å²) in [7, 11) is 2.13. The average molecular weight is 209 g/mol. The Morgan fingerprint density at radius 2 is 2.20 bits per heavy atom. The summed E-state index contributed by atoms with van der Waals surface area (Å²) in [6.07, 6.45) is 1.28. The third kappa shape index (κ3) is 2.26. The molecule has 0 saturated carbocycles. The van der Waals surface area contributed by atoms with E-state index >= 15 is 0 Å². The molecular weight excluding hydrogens is 193 g/mol. The molecule has 0 amide bonds. The zero-order chi connectivity index (χ0) is 10.8. The SMILES string of the molecule is C[C@@H]1CN(c2ccc(F)cn2)CCN1C. The fourth-order valence-corrected chi connectivity index (χ4v) is 1.81. The van der Waals surface area contributed by atoms with Gasteiger partial charge in [-0.25, -0.2) is 9.37 Å². The number of rotatable bonds is 1. The van der Waals surface area contributed by atoms with Crippen molar-refractivity contribution in [2.45, 2.75) is 13.0 Å². The number of anilines is 1. The van der Waals surface area contributed by atoms with E-state index in [4.69, 9.17) is 0 Å². The van der Waals surface area contributed by atoms with Gasteiger partial charge in [0.15, 0.2) is 0 Å².